The van der Waals surface area contributed by atoms with Gasteiger partial charge in [-0.15, -0.1) is 0 Å². The third-order valence-electron chi connectivity index (χ3n) is 4.20. The van der Waals surface area contributed by atoms with E-state index in [1.54, 1.807) is 0 Å². The standard InChI is InChI=1S/C12H18N4OS/c13-10-9(11(14)17)12(18-15-10)16-6-2-4-7-3-1-5-8(7)16/h7-8H,1-6H2,(H2,13,15)(H2,14,17). The molecule has 1 saturated carbocycles. The van der Waals surface area contributed by atoms with E-state index in [2.05, 4.69) is 9.27 Å². The predicted octanol–water partition coefficient (Wildman–Crippen LogP) is 1.59. The minimum atomic E-state index is -0.462. The average Bonchev–Trinajstić information content (AvgIpc) is 2.94. The quantitative estimate of drug-likeness (QED) is 0.851. The largest absolute Gasteiger partial charge is 0.382 e. The molecule has 5 nitrogen and oxygen atoms in total. The summed E-state index contributed by atoms with van der Waals surface area (Å²) in [6.07, 6.45) is 6.28. The topological polar surface area (TPSA) is 85.2 Å². The van der Waals surface area contributed by atoms with Crippen LogP contribution in [0.3, 0.4) is 0 Å². The van der Waals surface area contributed by atoms with Gasteiger partial charge in [0.05, 0.1) is 0 Å². The maximum absolute atomic E-state index is 11.5. The van der Waals surface area contributed by atoms with Crippen molar-refractivity contribution in [3.05, 3.63) is 5.56 Å². The summed E-state index contributed by atoms with van der Waals surface area (Å²) in [6.45, 7) is 0.989. The van der Waals surface area contributed by atoms with Crippen molar-refractivity contribution >= 4 is 28.3 Å². The van der Waals surface area contributed by atoms with Crippen LogP contribution in [0.25, 0.3) is 0 Å². The van der Waals surface area contributed by atoms with E-state index < -0.39 is 5.91 Å². The summed E-state index contributed by atoms with van der Waals surface area (Å²) in [7, 11) is 0. The Bertz CT molecular complexity index is 473. The van der Waals surface area contributed by atoms with E-state index in [-0.39, 0.29) is 5.82 Å². The van der Waals surface area contributed by atoms with Crippen LogP contribution in [0.15, 0.2) is 0 Å². The Labute approximate surface area is 110 Å². The monoisotopic (exact) mass is 266 g/mol. The highest BCUT2D eigenvalue weighted by molar-refractivity contribution is 7.11. The fourth-order valence-corrected chi connectivity index (χ4v) is 4.33. The highest BCUT2D eigenvalue weighted by Crippen LogP contribution is 2.42. The second kappa shape index (κ2) is 4.42. The molecule has 2 atom stereocenters. The van der Waals surface area contributed by atoms with Gasteiger partial charge in [-0.2, -0.15) is 4.37 Å². The van der Waals surface area contributed by atoms with Gasteiger partial charge < -0.3 is 16.4 Å². The van der Waals surface area contributed by atoms with Crippen LogP contribution in [0.4, 0.5) is 10.8 Å². The highest BCUT2D eigenvalue weighted by atomic mass is 32.1. The van der Waals surface area contributed by atoms with Crippen LogP contribution in [-0.2, 0) is 0 Å². The molecule has 2 heterocycles. The number of hydrogen-bond acceptors (Lipinski definition) is 5. The Balaban J connectivity index is 1.96. The zero-order valence-electron chi connectivity index (χ0n) is 10.3. The minimum absolute atomic E-state index is 0.280. The summed E-state index contributed by atoms with van der Waals surface area (Å²) in [5, 5.41) is 0.886. The van der Waals surface area contributed by atoms with Crippen LogP contribution in [0.2, 0.25) is 0 Å². The van der Waals surface area contributed by atoms with Gasteiger partial charge in [0.2, 0.25) is 0 Å². The molecule has 0 spiro atoms. The molecule has 4 N–H and O–H groups in total. The first kappa shape index (κ1) is 11.8. The lowest BCUT2D eigenvalue weighted by Gasteiger charge is -2.38. The van der Waals surface area contributed by atoms with E-state index >= 15 is 0 Å². The van der Waals surface area contributed by atoms with E-state index in [0.717, 1.165) is 17.5 Å². The number of fused-ring (bicyclic) bond motifs is 1. The molecule has 1 amide bonds. The van der Waals surface area contributed by atoms with Crippen LogP contribution in [0, 0.1) is 5.92 Å². The lowest BCUT2D eigenvalue weighted by Crippen LogP contribution is -2.43. The summed E-state index contributed by atoms with van der Waals surface area (Å²) >= 11 is 1.31. The molecular formula is C12H18N4OS. The van der Waals surface area contributed by atoms with Crippen LogP contribution in [-0.4, -0.2) is 22.9 Å². The van der Waals surface area contributed by atoms with Gasteiger partial charge in [-0.05, 0) is 43.1 Å². The number of hydrogen-bond donors (Lipinski definition) is 2. The van der Waals surface area contributed by atoms with E-state index in [0.29, 0.717) is 11.6 Å². The van der Waals surface area contributed by atoms with Crippen molar-refractivity contribution in [2.75, 3.05) is 17.2 Å². The summed E-state index contributed by atoms with van der Waals surface area (Å²) in [5.41, 5.74) is 11.6. The van der Waals surface area contributed by atoms with Gasteiger partial charge in [0.15, 0.2) is 5.82 Å². The number of piperidine rings is 1. The number of aromatic nitrogens is 1. The minimum Gasteiger partial charge on any atom is -0.382 e. The number of anilines is 2. The molecule has 0 radical (unpaired) electrons. The van der Waals surface area contributed by atoms with E-state index in [1.807, 2.05) is 0 Å². The molecule has 2 unspecified atom stereocenters. The van der Waals surface area contributed by atoms with Crippen molar-refractivity contribution in [3.8, 4) is 0 Å². The molecule has 1 aromatic heterocycles. The predicted molar refractivity (Wildman–Crippen MR) is 72.8 cm³/mol. The summed E-state index contributed by atoms with van der Waals surface area (Å²) in [5.74, 6) is 0.585. The van der Waals surface area contributed by atoms with Crippen molar-refractivity contribution < 1.29 is 4.79 Å². The van der Waals surface area contributed by atoms with Gasteiger partial charge in [0.25, 0.3) is 5.91 Å². The molecular weight excluding hydrogens is 248 g/mol. The number of rotatable bonds is 2. The molecule has 1 aromatic rings. The Hall–Kier alpha value is -1.30. The first-order chi connectivity index (χ1) is 8.68. The maximum Gasteiger partial charge on any atom is 0.255 e. The molecule has 0 aromatic carbocycles. The van der Waals surface area contributed by atoms with E-state index in [9.17, 15) is 4.79 Å². The molecule has 1 saturated heterocycles. The summed E-state index contributed by atoms with van der Waals surface area (Å²) in [4.78, 5) is 13.8. The third-order valence-corrected chi connectivity index (χ3v) is 5.10. The second-order valence-electron chi connectivity index (χ2n) is 5.21. The van der Waals surface area contributed by atoms with Crippen molar-refractivity contribution in [2.24, 2.45) is 11.7 Å². The Morgan fingerprint density at radius 3 is 2.89 bits per heavy atom. The number of carbonyl (C=O) groups excluding carboxylic acids is 1. The van der Waals surface area contributed by atoms with Crippen LogP contribution >= 0.6 is 11.5 Å². The van der Waals surface area contributed by atoms with Crippen LogP contribution < -0.4 is 16.4 Å². The van der Waals surface area contributed by atoms with Crippen molar-refractivity contribution in [1.82, 2.24) is 4.37 Å². The van der Waals surface area contributed by atoms with Gasteiger partial charge >= 0.3 is 0 Å². The Kier molecular flexibility index (Phi) is 2.89. The van der Waals surface area contributed by atoms with Crippen molar-refractivity contribution in [1.29, 1.82) is 0 Å². The molecule has 98 valence electrons. The Morgan fingerprint density at radius 2 is 2.11 bits per heavy atom. The van der Waals surface area contributed by atoms with Crippen LogP contribution in [0.1, 0.15) is 42.5 Å². The molecule has 3 rings (SSSR count). The fraction of sp³-hybridized carbons (Fsp3) is 0.667. The number of nitrogen functional groups attached to an aromatic ring is 1. The molecule has 2 aliphatic rings. The van der Waals surface area contributed by atoms with Gasteiger partial charge in [-0.25, -0.2) is 0 Å². The van der Waals surface area contributed by atoms with Gasteiger partial charge in [0, 0.05) is 12.6 Å². The third kappa shape index (κ3) is 1.75. The summed E-state index contributed by atoms with van der Waals surface area (Å²) in [6, 6.07) is 0.552. The molecule has 2 fully saturated rings. The highest BCUT2D eigenvalue weighted by Gasteiger charge is 2.37. The molecule has 1 aliphatic heterocycles. The normalized spacial score (nSPS) is 27.2. The van der Waals surface area contributed by atoms with E-state index in [4.69, 9.17) is 11.5 Å². The number of amides is 1. The zero-order valence-corrected chi connectivity index (χ0v) is 11.1. The lowest BCUT2D eigenvalue weighted by atomic mass is 9.92. The number of carbonyl (C=O) groups is 1. The molecule has 0 bridgehead atoms. The van der Waals surface area contributed by atoms with Gasteiger partial charge in [-0.3, -0.25) is 4.79 Å². The van der Waals surface area contributed by atoms with Crippen molar-refractivity contribution in [2.45, 2.75) is 38.1 Å². The second-order valence-corrected chi connectivity index (χ2v) is 5.96. The number of nitrogens with two attached hydrogens (primary N) is 2. The summed E-state index contributed by atoms with van der Waals surface area (Å²) < 4.78 is 4.10. The van der Waals surface area contributed by atoms with E-state index in [1.165, 1.54) is 43.6 Å². The van der Waals surface area contributed by atoms with Crippen LogP contribution in [0.5, 0.6) is 0 Å². The number of nitrogens with zero attached hydrogens (tertiary/aromatic N) is 2. The number of primary amides is 1. The van der Waals surface area contributed by atoms with Crippen molar-refractivity contribution in [3.63, 3.8) is 0 Å². The first-order valence-corrected chi connectivity index (χ1v) is 7.27. The first-order valence-electron chi connectivity index (χ1n) is 6.50. The molecule has 18 heavy (non-hydrogen) atoms. The van der Waals surface area contributed by atoms with Gasteiger partial charge in [0.1, 0.15) is 10.6 Å². The average molecular weight is 266 g/mol. The smallest absolute Gasteiger partial charge is 0.255 e. The van der Waals surface area contributed by atoms with Gasteiger partial charge in [-0.1, -0.05) is 6.42 Å². The zero-order chi connectivity index (χ0) is 12.7. The lowest BCUT2D eigenvalue weighted by molar-refractivity contribution is 0.100. The molecule has 6 heteroatoms. The fourth-order valence-electron chi connectivity index (χ4n) is 3.43. The SMILES string of the molecule is NC(=O)c1c(N)nsc1N1CCCC2CCCC21. The Morgan fingerprint density at radius 1 is 1.33 bits per heavy atom. The molecule has 1 aliphatic carbocycles. The maximum atomic E-state index is 11.5.